The number of benzene rings is 1. The number of likely N-dealkylation sites (tertiary alicyclic amines) is 1. The van der Waals surface area contributed by atoms with E-state index in [1.807, 2.05) is 37.3 Å². The Labute approximate surface area is 172 Å². The molecule has 1 atom stereocenters. The molecule has 2 aromatic rings. The van der Waals surface area contributed by atoms with Crippen LogP contribution < -0.4 is 10.8 Å². The molecule has 8 heteroatoms. The number of amidine groups is 1. The summed E-state index contributed by atoms with van der Waals surface area (Å²) in [5.74, 6) is 0.404. The van der Waals surface area contributed by atoms with Crippen molar-refractivity contribution in [2.75, 3.05) is 19.6 Å². The molecular formula is C20H21ClN4O2S. The maximum atomic E-state index is 12.2. The highest BCUT2D eigenvalue weighted by molar-refractivity contribution is 7.18. The van der Waals surface area contributed by atoms with Crippen LogP contribution in [0.5, 0.6) is 0 Å². The third-order valence-corrected chi connectivity index (χ3v) is 6.11. The topological polar surface area (TPSA) is 77.5 Å². The number of nitrogens with zero attached hydrogens (tertiary/aromatic N) is 1. The van der Waals surface area contributed by atoms with Gasteiger partial charge in [-0.3, -0.25) is 20.5 Å². The molecule has 2 aliphatic heterocycles. The third kappa shape index (κ3) is 3.92. The fraction of sp³-hybridized carbons (Fsp3) is 0.300. The number of hydrogen-bond donors (Lipinski definition) is 3. The summed E-state index contributed by atoms with van der Waals surface area (Å²) in [5.41, 5.74) is 5.02. The van der Waals surface area contributed by atoms with Crippen LogP contribution in [0.1, 0.15) is 34.1 Å². The minimum absolute atomic E-state index is 0.169. The van der Waals surface area contributed by atoms with Crippen LogP contribution in [0.3, 0.4) is 0 Å². The minimum Gasteiger partial charge on any atom is -0.356 e. The van der Waals surface area contributed by atoms with Gasteiger partial charge in [0.05, 0.1) is 21.5 Å². The highest BCUT2D eigenvalue weighted by Gasteiger charge is 2.31. The molecule has 3 N–H and O–H groups in total. The molecule has 1 aromatic carbocycles. The molecule has 0 spiro atoms. The van der Waals surface area contributed by atoms with Crippen LogP contribution in [0.25, 0.3) is 5.70 Å². The zero-order chi connectivity index (χ0) is 19.7. The van der Waals surface area contributed by atoms with Gasteiger partial charge < -0.3 is 10.2 Å². The van der Waals surface area contributed by atoms with E-state index in [1.54, 1.807) is 12.1 Å². The van der Waals surface area contributed by atoms with Crippen molar-refractivity contribution in [3.63, 3.8) is 0 Å². The zero-order valence-electron chi connectivity index (χ0n) is 15.4. The Kier molecular flexibility index (Phi) is 5.14. The van der Waals surface area contributed by atoms with E-state index in [0.29, 0.717) is 21.6 Å². The summed E-state index contributed by atoms with van der Waals surface area (Å²) in [6, 6.07) is 11.3. The van der Waals surface area contributed by atoms with Crippen molar-refractivity contribution in [1.82, 2.24) is 15.7 Å². The van der Waals surface area contributed by atoms with Crippen molar-refractivity contribution in [3.05, 3.63) is 62.8 Å². The van der Waals surface area contributed by atoms with E-state index in [0.717, 1.165) is 36.3 Å². The van der Waals surface area contributed by atoms with Crippen molar-refractivity contribution in [2.24, 2.45) is 0 Å². The molecular weight excluding hydrogens is 396 g/mol. The number of nitrogens with one attached hydrogen (secondary N) is 3. The summed E-state index contributed by atoms with van der Waals surface area (Å²) >= 11 is 7.13. The second-order valence-corrected chi connectivity index (χ2v) is 8.84. The lowest BCUT2D eigenvalue weighted by Crippen LogP contribution is -2.42. The summed E-state index contributed by atoms with van der Waals surface area (Å²) < 4.78 is 0.586. The van der Waals surface area contributed by atoms with E-state index in [9.17, 15) is 4.79 Å². The first-order valence-electron chi connectivity index (χ1n) is 9.08. The molecule has 0 bridgehead atoms. The van der Waals surface area contributed by atoms with E-state index in [2.05, 4.69) is 15.7 Å². The molecule has 1 fully saturated rings. The summed E-state index contributed by atoms with van der Waals surface area (Å²) in [5, 5.41) is 11.1. The molecule has 0 aliphatic carbocycles. The number of hydrogen-bond acceptors (Lipinski definition) is 5. The number of carbonyl (C=O) groups is 1. The number of thiophene rings is 1. The smallest absolute Gasteiger partial charge is 0.261 e. The van der Waals surface area contributed by atoms with Gasteiger partial charge in [0, 0.05) is 18.7 Å². The van der Waals surface area contributed by atoms with Crippen LogP contribution in [-0.2, 0) is 4.84 Å². The van der Waals surface area contributed by atoms with Gasteiger partial charge in [-0.25, -0.2) is 0 Å². The first-order valence-corrected chi connectivity index (χ1v) is 10.3. The monoisotopic (exact) mass is 416 g/mol. The molecule has 6 nitrogen and oxygen atoms in total. The van der Waals surface area contributed by atoms with Crippen molar-refractivity contribution in [3.8, 4) is 0 Å². The third-order valence-electron chi connectivity index (χ3n) is 4.88. The zero-order valence-corrected chi connectivity index (χ0v) is 17.0. The Morgan fingerprint density at radius 2 is 2.07 bits per heavy atom. The SMILES string of the molecule is CC1(CNC(=O)c2ccc(Cl)s2)C=C(c2ccc(C(=N)N3CCC3)cc2)NO1. The fourth-order valence-electron chi connectivity index (χ4n) is 3.07. The second kappa shape index (κ2) is 7.58. The van der Waals surface area contributed by atoms with Crippen LogP contribution >= 0.6 is 22.9 Å². The van der Waals surface area contributed by atoms with Crippen LogP contribution in [0.15, 0.2) is 42.5 Å². The lowest BCUT2D eigenvalue weighted by Gasteiger charge is -2.33. The predicted octanol–water partition coefficient (Wildman–Crippen LogP) is 3.50. The Balaban J connectivity index is 1.39. The average Bonchev–Trinajstić information content (AvgIpc) is 3.25. The molecule has 0 radical (unpaired) electrons. The lowest BCUT2D eigenvalue weighted by atomic mass is 10.0. The number of halogens is 1. The van der Waals surface area contributed by atoms with Crippen LogP contribution in [0, 0.1) is 5.41 Å². The second-order valence-electron chi connectivity index (χ2n) is 7.13. The van der Waals surface area contributed by atoms with Gasteiger partial charge in [-0.1, -0.05) is 35.9 Å². The molecule has 1 unspecified atom stereocenters. The van der Waals surface area contributed by atoms with Crippen molar-refractivity contribution in [2.45, 2.75) is 18.9 Å². The summed E-state index contributed by atoms with van der Waals surface area (Å²) in [6.07, 6.45) is 3.12. The fourth-order valence-corrected chi connectivity index (χ4v) is 4.03. The molecule has 1 aromatic heterocycles. The van der Waals surface area contributed by atoms with Gasteiger partial charge in [0.15, 0.2) is 0 Å². The van der Waals surface area contributed by atoms with Crippen LogP contribution in [0.2, 0.25) is 4.34 Å². The Morgan fingerprint density at radius 1 is 1.32 bits per heavy atom. The standard InChI is InChI=1S/C20H21ClN4O2S/c1-20(12-23-19(26)16-7-8-17(21)28-16)11-15(24-27-20)13-3-5-14(6-4-13)18(22)25-9-2-10-25/h3-8,11,22,24H,2,9-10,12H2,1H3,(H,23,26). The van der Waals surface area contributed by atoms with E-state index in [-0.39, 0.29) is 5.91 Å². The van der Waals surface area contributed by atoms with Crippen LogP contribution in [0.4, 0.5) is 0 Å². The summed E-state index contributed by atoms with van der Waals surface area (Å²) in [7, 11) is 0. The predicted molar refractivity (Wildman–Crippen MR) is 112 cm³/mol. The Bertz CT molecular complexity index is 936. The van der Waals surface area contributed by atoms with Gasteiger partial charge in [0.2, 0.25) is 0 Å². The van der Waals surface area contributed by atoms with E-state index in [1.165, 1.54) is 11.3 Å². The minimum atomic E-state index is -0.658. The van der Waals surface area contributed by atoms with E-state index < -0.39 is 5.60 Å². The van der Waals surface area contributed by atoms with Crippen LogP contribution in [-0.4, -0.2) is 41.9 Å². The van der Waals surface area contributed by atoms with Gasteiger partial charge >= 0.3 is 0 Å². The van der Waals surface area contributed by atoms with Crippen molar-refractivity contribution >= 4 is 40.4 Å². The molecule has 1 saturated heterocycles. The lowest BCUT2D eigenvalue weighted by molar-refractivity contribution is -0.0194. The molecule has 3 heterocycles. The average molecular weight is 417 g/mol. The number of rotatable bonds is 5. The molecule has 2 aliphatic rings. The van der Waals surface area contributed by atoms with Gasteiger partial charge in [0.25, 0.3) is 5.91 Å². The largest absolute Gasteiger partial charge is 0.356 e. The maximum absolute atomic E-state index is 12.2. The van der Waals surface area contributed by atoms with Crippen molar-refractivity contribution in [1.29, 1.82) is 5.41 Å². The summed E-state index contributed by atoms with van der Waals surface area (Å²) in [4.78, 5) is 20.6. The number of hydroxylamine groups is 1. The highest BCUT2D eigenvalue weighted by Crippen LogP contribution is 2.26. The first-order chi connectivity index (χ1) is 13.4. The molecule has 0 saturated carbocycles. The first kappa shape index (κ1) is 19.0. The summed E-state index contributed by atoms with van der Waals surface area (Å²) in [6.45, 7) is 4.16. The quantitative estimate of drug-likeness (QED) is 0.515. The maximum Gasteiger partial charge on any atom is 0.261 e. The van der Waals surface area contributed by atoms with Gasteiger partial charge in [-0.15, -0.1) is 11.3 Å². The molecule has 146 valence electrons. The Hall–Kier alpha value is -2.35. The molecule has 28 heavy (non-hydrogen) atoms. The number of amides is 1. The normalized spacial score (nSPS) is 20.9. The highest BCUT2D eigenvalue weighted by atomic mass is 35.5. The van der Waals surface area contributed by atoms with E-state index >= 15 is 0 Å². The molecule has 4 rings (SSSR count). The van der Waals surface area contributed by atoms with Gasteiger partial charge in [0.1, 0.15) is 11.4 Å². The molecule has 1 amide bonds. The number of carbonyl (C=O) groups excluding carboxylic acids is 1. The Morgan fingerprint density at radius 3 is 2.68 bits per heavy atom. The van der Waals surface area contributed by atoms with Crippen molar-refractivity contribution < 1.29 is 9.63 Å². The van der Waals surface area contributed by atoms with E-state index in [4.69, 9.17) is 21.8 Å². The van der Waals surface area contributed by atoms with Gasteiger partial charge in [-0.2, -0.15) is 0 Å². The van der Waals surface area contributed by atoms with Gasteiger partial charge in [-0.05, 0) is 37.1 Å².